The van der Waals surface area contributed by atoms with Crippen molar-refractivity contribution < 1.29 is 28.6 Å². The molecule has 1 amide bonds. The number of hydrogen-bond donors (Lipinski definition) is 2. The van der Waals surface area contributed by atoms with Crippen molar-refractivity contribution in [3.63, 3.8) is 0 Å². The molecule has 1 aliphatic heterocycles. The van der Waals surface area contributed by atoms with E-state index in [9.17, 15) is 14.4 Å². The Morgan fingerprint density at radius 3 is 2.75 bits per heavy atom. The highest BCUT2D eigenvalue weighted by Crippen LogP contribution is 2.42. The van der Waals surface area contributed by atoms with Gasteiger partial charge in [0.2, 0.25) is 0 Å². The predicted octanol–water partition coefficient (Wildman–Crippen LogP) is 2.17. The molecule has 1 atom stereocenters. The normalized spacial score (nSPS) is 16.0. The quantitative estimate of drug-likeness (QED) is 0.753. The molecule has 1 aromatic heterocycles. The first-order valence-corrected chi connectivity index (χ1v) is 9.02. The van der Waals surface area contributed by atoms with E-state index in [0.29, 0.717) is 34.5 Å². The number of hydrogen-bond acceptors (Lipinski definition) is 6. The number of carboxylic acid groups (broad SMARTS) is 1. The molecule has 8 heteroatoms. The van der Waals surface area contributed by atoms with Crippen LogP contribution in [-0.4, -0.2) is 35.2 Å². The number of aliphatic carboxylic acids is 1. The average Bonchev–Trinajstić information content (AvgIpc) is 2.57. The molecule has 1 aliphatic rings. The van der Waals surface area contributed by atoms with Crippen LogP contribution in [0.2, 0.25) is 0 Å². The zero-order chi connectivity index (χ0) is 20.6. The standard InChI is InChI=1S/C20H23NO7/c1-10-7-16(23)27-18-12-5-6-20(3,4)28-13(12)8-14(17(10)18)26-9-15(22)21-11(2)19(24)25/h7-8,11H,5-6,9H2,1-4H3,(H,21,22)(H,24,25)/t11-/m0/s1. The van der Waals surface area contributed by atoms with E-state index in [1.807, 2.05) is 13.8 Å². The van der Waals surface area contributed by atoms with Crippen LogP contribution < -0.4 is 20.4 Å². The minimum Gasteiger partial charge on any atom is -0.487 e. The Kier molecular flexibility index (Phi) is 5.06. The maximum Gasteiger partial charge on any atom is 0.336 e. The SMILES string of the molecule is Cc1cc(=O)oc2c3c(cc(OCC(=O)N[C@@H](C)C(=O)O)c12)OC(C)(C)CC3. The summed E-state index contributed by atoms with van der Waals surface area (Å²) in [6.07, 6.45) is 1.45. The molecule has 3 rings (SSSR count). The van der Waals surface area contributed by atoms with E-state index < -0.39 is 23.5 Å². The van der Waals surface area contributed by atoms with Gasteiger partial charge in [0, 0.05) is 17.7 Å². The Hall–Kier alpha value is -3.03. The van der Waals surface area contributed by atoms with Crippen LogP contribution in [0.5, 0.6) is 11.5 Å². The second-order valence-corrected chi connectivity index (χ2v) is 7.58. The first-order valence-electron chi connectivity index (χ1n) is 9.02. The van der Waals surface area contributed by atoms with Crippen molar-refractivity contribution in [3.05, 3.63) is 33.7 Å². The molecule has 0 saturated carbocycles. The van der Waals surface area contributed by atoms with Crippen LogP contribution in [0.3, 0.4) is 0 Å². The van der Waals surface area contributed by atoms with E-state index in [1.54, 1.807) is 13.0 Å². The van der Waals surface area contributed by atoms with Crippen molar-refractivity contribution >= 4 is 22.8 Å². The summed E-state index contributed by atoms with van der Waals surface area (Å²) in [5.41, 5.74) is 1.00. The minimum absolute atomic E-state index is 0.339. The van der Waals surface area contributed by atoms with Gasteiger partial charge in [-0.3, -0.25) is 9.59 Å². The van der Waals surface area contributed by atoms with Crippen LogP contribution in [-0.2, 0) is 16.0 Å². The molecule has 2 heterocycles. The summed E-state index contributed by atoms with van der Waals surface area (Å²) in [6, 6.07) is 2.03. The van der Waals surface area contributed by atoms with E-state index >= 15 is 0 Å². The molecule has 2 N–H and O–H groups in total. The van der Waals surface area contributed by atoms with Crippen molar-refractivity contribution in [1.29, 1.82) is 0 Å². The zero-order valence-electron chi connectivity index (χ0n) is 16.3. The number of fused-ring (bicyclic) bond motifs is 3. The van der Waals surface area contributed by atoms with Gasteiger partial charge in [0.15, 0.2) is 6.61 Å². The minimum atomic E-state index is -1.14. The van der Waals surface area contributed by atoms with Crippen LogP contribution in [0, 0.1) is 6.92 Å². The molecule has 8 nitrogen and oxygen atoms in total. The van der Waals surface area contributed by atoms with Crippen molar-refractivity contribution in [2.45, 2.75) is 52.2 Å². The largest absolute Gasteiger partial charge is 0.487 e. The lowest BCUT2D eigenvalue weighted by Crippen LogP contribution is -2.40. The van der Waals surface area contributed by atoms with Crippen LogP contribution >= 0.6 is 0 Å². The van der Waals surface area contributed by atoms with Gasteiger partial charge in [-0.2, -0.15) is 0 Å². The van der Waals surface area contributed by atoms with Gasteiger partial charge in [0.25, 0.3) is 5.91 Å². The summed E-state index contributed by atoms with van der Waals surface area (Å²) < 4.78 is 17.2. The van der Waals surface area contributed by atoms with Gasteiger partial charge in [-0.25, -0.2) is 4.79 Å². The van der Waals surface area contributed by atoms with E-state index in [4.69, 9.17) is 19.0 Å². The summed E-state index contributed by atoms with van der Waals surface area (Å²) in [4.78, 5) is 34.8. The number of amides is 1. The van der Waals surface area contributed by atoms with E-state index in [-0.39, 0.29) is 12.2 Å². The van der Waals surface area contributed by atoms with Gasteiger partial charge in [0.1, 0.15) is 28.7 Å². The van der Waals surface area contributed by atoms with Crippen molar-refractivity contribution in [2.24, 2.45) is 0 Å². The Balaban J connectivity index is 1.99. The third-order valence-electron chi connectivity index (χ3n) is 4.71. The molecule has 0 radical (unpaired) electrons. The van der Waals surface area contributed by atoms with E-state index in [0.717, 1.165) is 12.0 Å². The van der Waals surface area contributed by atoms with Crippen molar-refractivity contribution in [1.82, 2.24) is 5.32 Å². The molecule has 0 aliphatic carbocycles. The number of carbonyl (C=O) groups is 2. The van der Waals surface area contributed by atoms with Gasteiger partial charge in [-0.15, -0.1) is 0 Å². The molecule has 0 fully saturated rings. The average molecular weight is 389 g/mol. The van der Waals surface area contributed by atoms with Crippen LogP contribution in [0.1, 0.15) is 38.3 Å². The van der Waals surface area contributed by atoms with Crippen molar-refractivity contribution in [2.75, 3.05) is 6.61 Å². The topological polar surface area (TPSA) is 115 Å². The highest BCUT2D eigenvalue weighted by molar-refractivity contribution is 5.92. The Morgan fingerprint density at radius 1 is 1.36 bits per heavy atom. The Bertz CT molecular complexity index is 1010. The number of ether oxygens (including phenoxy) is 2. The molecule has 1 aromatic carbocycles. The first kappa shape index (κ1) is 19.7. The fourth-order valence-corrected chi connectivity index (χ4v) is 3.22. The third kappa shape index (κ3) is 3.95. The van der Waals surface area contributed by atoms with E-state index in [1.165, 1.54) is 13.0 Å². The fraction of sp³-hybridized carbons (Fsp3) is 0.450. The second kappa shape index (κ2) is 7.18. The lowest BCUT2D eigenvalue weighted by atomic mass is 9.92. The summed E-state index contributed by atoms with van der Waals surface area (Å²) in [6.45, 7) is 6.68. The number of aryl methyl sites for hydroxylation is 2. The van der Waals surface area contributed by atoms with Gasteiger partial charge in [-0.05, 0) is 46.1 Å². The van der Waals surface area contributed by atoms with Crippen molar-refractivity contribution in [3.8, 4) is 11.5 Å². The van der Waals surface area contributed by atoms with Crippen LogP contribution in [0.25, 0.3) is 11.0 Å². The molecule has 2 aromatic rings. The lowest BCUT2D eigenvalue weighted by molar-refractivity contribution is -0.141. The molecular formula is C20H23NO7. The van der Waals surface area contributed by atoms with Gasteiger partial charge >= 0.3 is 11.6 Å². The van der Waals surface area contributed by atoms with Gasteiger partial charge < -0.3 is 24.3 Å². The van der Waals surface area contributed by atoms with Gasteiger partial charge in [-0.1, -0.05) is 0 Å². The van der Waals surface area contributed by atoms with Crippen LogP contribution in [0.15, 0.2) is 21.3 Å². The summed E-state index contributed by atoms with van der Waals surface area (Å²) in [7, 11) is 0. The number of nitrogens with one attached hydrogen (secondary N) is 1. The molecule has 0 unspecified atom stereocenters. The number of carboxylic acids is 1. The first-order chi connectivity index (χ1) is 13.1. The smallest absolute Gasteiger partial charge is 0.336 e. The molecule has 0 spiro atoms. The third-order valence-corrected chi connectivity index (χ3v) is 4.71. The molecule has 0 saturated heterocycles. The second-order valence-electron chi connectivity index (χ2n) is 7.58. The monoisotopic (exact) mass is 389 g/mol. The highest BCUT2D eigenvalue weighted by Gasteiger charge is 2.30. The zero-order valence-corrected chi connectivity index (χ0v) is 16.3. The number of carbonyl (C=O) groups excluding carboxylic acids is 1. The summed E-state index contributed by atoms with van der Waals surface area (Å²) >= 11 is 0. The predicted molar refractivity (Wildman–Crippen MR) is 101 cm³/mol. The lowest BCUT2D eigenvalue weighted by Gasteiger charge is -2.33. The van der Waals surface area contributed by atoms with Crippen LogP contribution in [0.4, 0.5) is 0 Å². The fourth-order valence-electron chi connectivity index (χ4n) is 3.22. The molecule has 28 heavy (non-hydrogen) atoms. The summed E-state index contributed by atoms with van der Waals surface area (Å²) in [5.74, 6) is -0.824. The summed E-state index contributed by atoms with van der Waals surface area (Å²) in [5, 5.41) is 11.8. The molecule has 0 bridgehead atoms. The number of rotatable bonds is 5. The highest BCUT2D eigenvalue weighted by atomic mass is 16.5. The maximum absolute atomic E-state index is 12.0. The van der Waals surface area contributed by atoms with E-state index in [2.05, 4.69) is 5.32 Å². The molecular weight excluding hydrogens is 366 g/mol. The number of benzene rings is 1. The van der Waals surface area contributed by atoms with Gasteiger partial charge in [0.05, 0.1) is 5.39 Å². The Labute approximate surface area is 161 Å². The maximum atomic E-state index is 12.0. The molecule has 150 valence electrons. The Morgan fingerprint density at radius 2 is 2.07 bits per heavy atom.